The Morgan fingerprint density at radius 3 is 2.23 bits per heavy atom. The van der Waals surface area contributed by atoms with Crippen LogP contribution >= 0.6 is 24.0 Å². The Bertz CT molecular complexity index is 650. The van der Waals surface area contributed by atoms with E-state index in [4.69, 9.17) is 0 Å². The number of guanidine groups is 1. The maximum absolute atomic E-state index is 11.1. The van der Waals surface area contributed by atoms with E-state index in [1.807, 2.05) is 6.92 Å². The van der Waals surface area contributed by atoms with Crippen molar-refractivity contribution in [3.8, 4) is 0 Å². The molecule has 0 aliphatic heterocycles. The first-order valence-electron chi connectivity index (χ1n) is 8.91. The highest BCUT2D eigenvalue weighted by Gasteiger charge is 2.12. The van der Waals surface area contributed by atoms with E-state index in [-0.39, 0.29) is 35.1 Å². The van der Waals surface area contributed by atoms with Crippen LogP contribution in [0.1, 0.15) is 45.2 Å². The Morgan fingerprint density at radius 1 is 1.12 bits per heavy atom. The Hall–Kier alpha value is -0.830. The molecule has 0 radical (unpaired) electrons. The quantitative estimate of drug-likeness (QED) is 0.252. The molecule has 1 rings (SSSR count). The fraction of sp³-hybridized carbons (Fsp3) is 0.632. The van der Waals surface area contributed by atoms with Crippen LogP contribution in [0.4, 0.5) is 0 Å². The fourth-order valence-electron chi connectivity index (χ4n) is 2.36. The Kier molecular flexibility index (Phi) is 11.4. The highest BCUT2D eigenvalue weighted by atomic mass is 127. The van der Waals surface area contributed by atoms with E-state index in [0.717, 1.165) is 25.5 Å². The third-order valence-electron chi connectivity index (χ3n) is 3.81. The average molecular weight is 495 g/mol. The molecule has 0 amide bonds. The molecule has 0 aliphatic rings. The van der Waals surface area contributed by atoms with E-state index in [2.05, 4.69) is 60.7 Å². The molecule has 0 spiro atoms. The normalized spacial score (nSPS) is 12.4. The lowest BCUT2D eigenvalue weighted by Crippen LogP contribution is -2.38. The van der Waals surface area contributed by atoms with Crippen molar-refractivity contribution in [2.75, 3.05) is 31.6 Å². The van der Waals surface area contributed by atoms with Crippen molar-refractivity contribution in [3.05, 3.63) is 35.4 Å². The number of benzene rings is 1. The predicted molar refractivity (Wildman–Crippen MR) is 123 cm³/mol. The van der Waals surface area contributed by atoms with Gasteiger partial charge in [0, 0.05) is 25.9 Å². The van der Waals surface area contributed by atoms with Crippen LogP contribution in [0, 0.1) is 0 Å². The molecule has 0 bridgehead atoms. The van der Waals surface area contributed by atoms with Crippen molar-refractivity contribution in [3.63, 3.8) is 0 Å². The van der Waals surface area contributed by atoms with Crippen molar-refractivity contribution in [2.45, 2.75) is 46.0 Å². The number of nitrogens with zero attached hydrogens (tertiary/aromatic N) is 1. The van der Waals surface area contributed by atoms with Crippen LogP contribution < -0.4 is 10.6 Å². The summed E-state index contributed by atoms with van der Waals surface area (Å²) < 4.78 is 22.3. The molecule has 2 N–H and O–H groups in total. The molecule has 150 valence electrons. The van der Waals surface area contributed by atoms with Crippen LogP contribution in [0.2, 0.25) is 0 Å². The van der Waals surface area contributed by atoms with E-state index in [0.29, 0.717) is 13.0 Å². The van der Waals surface area contributed by atoms with E-state index in [1.165, 1.54) is 17.4 Å². The van der Waals surface area contributed by atoms with Crippen LogP contribution in [0.5, 0.6) is 0 Å². The van der Waals surface area contributed by atoms with Gasteiger partial charge < -0.3 is 10.6 Å². The van der Waals surface area contributed by atoms with Gasteiger partial charge in [0.2, 0.25) is 0 Å². The first-order chi connectivity index (χ1) is 11.6. The lowest BCUT2D eigenvalue weighted by Gasteiger charge is -2.19. The number of hydrogen-bond donors (Lipinski definition) is 2. The summed E-state index contributed by atoms with van der Waals surface area (Å²) in [6.07, 6.45) is 2.72. The first-order valence-corrected chi connectivity index (χ1v) is 11.0. The number of aliphatic imine (C=N–C) groups is 1. The van der Waals surface area contributed by atoms with Crippen LogP contribution in [0.15, 0.2) is 29.3 Å². The van der Waals surface area contributed by atoms with Crippen LogP contribution in [-0.2, 0) is 21.7 Å². The van der Waals surface area contributed by atoms with E-state index >= 15 is 0 Å². The van der Waals surface area contributed by atoms with Gasteiger partial charge in [-0.05, 0) is 36.3 Å². The summed E-state index contributed by atoms with van der Waals surface area (Å²) in [5.74, 6) is 0.915. The first kappa shape index (κ1) is 25.2. The number of nitrogens with one attached hydrogen (secondary N) is 2. The molecule has 7 heteroatoms. The summed E-state index contributed by atoms with van der Waals surface area (Å²) in [7, 11) is -2.91. The molecule has 5 nitrogen and oxygen atoms in total. The fourth-order valence-corrected chi connectivity index (χ4v) is 3.01. The van der Waals surface area contributed by atoms with Gasteiger partial charge in [-0.15, -0.1) is 24.0 Å². The second kappa shape index (κ2) is 11.8. The zero-order valence-electron chi connectivity index (χ0n) is 16.6. The second-order valence-electron chi connectivity index (χ2n) is 7.37. The standard InChI is InChI=1S/C19H33N3O2S.HI/c1-6-20-18(21-13-7-15-25(5,23)24)22-14-12-16-8-10-17(11-9-16)19(2,3)4;/h8-11H,6-7,12-15H2,1-5H3,(H2,20,21,22);1H. The van der Waals surface area contributed by atoms with Gasteiger partial charge in [-0.25, -0.2) is 8.42 Å². The number of hydrogen-bond acceptors (Lipinski definition) is 3. The van der Waals surface area contributed by atoms with E-state index < -0.39 is 9.84 Å². The van der Waals surface area contributed by atoms with Gasteiger partial charge in [-0.3, -0.25) is 4.99 Å². The molecule has 0 unspecified atom stereocenters. The summed E-state index contributed by atoms with van der Waals surface area (Å²) in [6, 6.07) is 8.75. The van der Waals surface area contributed by atoms with Gasteiger partial charge in [0.15, 0.2) is 5.96 Å². The molecular weight excluding hydrogens is 461 g/mol. The third-order valence-corrected chi connectivity index (χ3v) is 4.84. The van der Waals surface area contributed by atoms with Crippen molar-refractivity contribution in [1.82, 2.24) is 10.6 Å². The third kappa shape index (κ3) is 11.0. The molecule has 0 saturated carbocycles. The zero-order valence-corrected chi connectivity index (χ0v) is 19.8. The zero-order chi connectivity index (χ0) is 18.9. The van der Waals surface area contributed by atoms with Gasteiger partial charge >= 0.3 is 0 Å². The number of rotatable bonds is 8. The van der Waals surface area contributed by atoms with Crippen LogP contribution in [-0.4, -0.2) is 46.0 Å². The molecule has 1 aromatic rings. The predicted octanol–water partition coefficient (Wildman–Crippen LogP) is 3.13. The van der Waals surface area contributed by atoms with Gasteiger partial charge in [0.25, 0.3) is 0 Å². The SMILES string of the molecule is CCNC(=NCCCS(C)(=O)=O)NCCc1ccc(C(C)(C)C)cc1.I. The minimum Gasteiger partial charge on any atom is -0.357 e. The minimum absolute atomic E-state index is 0. The van der Waals surface area contributed by atoms with Gasteiger partial charge in [-0.1, -0.05) is 45.0 Å². The summed E-state index contributed by atoms with van der Waals surface area (Å²) in [4.78, 5) is 4.42. The van der Waals surface area contributed by atoms with Gasteiger partial charge in [0.1, 0.15) is 9.84 Å². The monoisotopic (exact) mass is 495 g/mol. The Labute approximate surface area is 176 Å². The van der Waals surface area contributed by atoms with Crippen molar-refractivity contribution in [1.29, 1.82) is 0 Å². The van der Waals surface area contributed by atoms with E-state index in [9.17, 15) is 8.42 Å². The summed E-state index contributed by atoms with van der Waals surface area (Å²) in [5, 5.41) is 6.49. The largest absolute Gasteiger partial charge is 0.357 e. The summed E-state index contributed by atoms with van der Waals surface area (Å²) >= 11 is 0. The summed E-state index contributed by atoms with van der Waals surface area (Å²) in [5.41, 5.74) is 2.80. The maximum atomic E-state index is 11.1. The number of sulfone groups is 1. The van der Waals surface area contributed by atoms with Crippen molar-refractivity contribution in [2.24, 2.45) is 4.99 Å². The summed E-state index contributed by atoms with van der Waals surface area (Å²) in [6.45, 7) is 10.7. The van der Waals surface area contributed by atoms with Crippen LogP contribution in [0.3, 0.4) is 0 Å². The molecule has 0 aromatic heterocycles. The Morgan fingerprint density at radius 2 is 1.73 bits per heavy atom. The van der Waals surface area contributed by atoms with E-state index in [1.54, 1.807) is 0 Å². The molecule has 0 saturated heterocycles. The average Bonchev–Trinajstić information content (AvgIpc) is 2.50. The molecule has 0 fully saturated rings. The molecular formula is C19H34IN3O2S. The lowest BCUT2D eigenvalue weighted by molar-refractivity contribution is 0.590. The molecule has 0 atom stereocenters. The topological polar surface area (TPSA) is 70.6 Å². The highest BCUT2D eigenvalue weighted by molar-refractivity contribution is 14.0. The Balaban J connectivity index is 0.00000625. The second-order valence-corrected chi connectivity index (χ2v) is 9.63. The molecule has 0 heterocycles. The maximum Gasteiger partial charge on any atom is 0.191 e. The number of halogens is 1. The smallest absolute Gasteiger partial charge is 0.191 e. The lowest BCUT2D eigenvalue weighted by atomic mass is 9.86. The van der Waals surface area contributed by atoms with Gasteiger partial charge in [0.05, 0.1) is 5.75 Å². The minimum atomic E-state index is -2.91. The van der Waals surface area contributed by atoms with Crippen molar-refractivity contribution < 1.29 is 8.42 Å². The molecule has 0 aliphatic carbocycles. The van der Waals surface area contributed by atoms with Crippen LogP contribution in [0.25, 0.3) is 0 Å². The van der Waals surface area contributed by atoms with Crippen molar-refractivity contribution >= 4 is 39.8 Å². The molecule has 26 heavy (non-hydrogen) atoms. The molecule has 1 aromatic carbocycles. The highest BCUT2D eigenvalue weighted by Crippen LogP contribution is 2.22. The van der Waals surface area contributed by atoms with Gasteiger partial charge in [-0.2, -0.15) is 0 Å².